The fourth-order valence-corrected chi connectivity index (χ4v) is 14.4. The van der Waals surface area contributed by atoms with E-state index in [-0.39, 0.29) is 11.1 Å². The predicted molar refractivity (Wildman–Crippen MR) is 77.3 cm³/mol. The molecule has 1 fully saturated rings. The molecule has 94 valence electrons. The molecule has 0 spiro atoms. The minimum absolute atomic E-state index is 0.0892. The van der Waals surface area contributed by atoms with Gasteiger partial charge in [-0.15, -0.1) is 0 Å². The predicted octanol–water partition coefficient (Wildman–Crippen LogP) is 5.13. The molecule has 0 atom stereocenters. The maximum Gasteiger partial charge on any atom is 0.0562 e. The number of hydrogen-bond donors (Lipinski definition) is 1. The molecule has 0 radical (unpaired) electrons. The first-order chi connectivity index (χ1) is 6.40. The van der Waals surface area contributed by atoms with Gasteiger partial charge in [-0.2, -0.15) is 7.42 Å². The Balaban J connectivity index is 2.96. The fraction of sp³-hybridized carbons (Fsp3) is 1.00. The Kier molecular flexibility index (Phi) is 3.89. The molecule has 15 heavy (non-hydrogen) atoms. The van der Waals surface area contributed by atoms with Gasteiger partial charge in [0.05, 0.1) is 8.83 Å². The van der Waals surface area contributed by atoms with Crippen molar-refractivity contribution in [1.29, 1.82) is 0 Å². The van der Waals surface area contributed by atoms with Crippen LogP contribution in [0.4, 0.5) is 0 Å². The van der Waals surface area contributed by atoms with Gasteiger partial charge in [-0.25, -0.2) is 0 Å². The molecule has 1 heterocycles. The zero-order chi connectivity index (χ0) is 12.2. The van der Waals surface area contributed by atoms with Crippen molar-refractivity contribution in [2.24, 2.45) is 0 Å². The van der Waals surface area contributed by atoms with Gasteiger partial charge in [0.2, 0.25) is 0 Å². The summed E-state index contributed by atoms with van der Waals surface area (Å²) in [4.78, 5) is 0. The van der Waals surface area contributed by atoms with Crippen molar-refractivity contribution in [3.63, 3.8) is 0 Å². The van der Waals surface area contributed by atoms with E-state index in [4.69, 9.17) is 32.0 Å². The summed E-state index contributed by atoms with van der Waals surface area (Å²) in [6, 6.07) is 0. The second-order valence-corrected chi connectivity index (χ2v) is 12.9. The summed E-state index contributed by atoms with van der Waals surface area (Å²) in [5.74, 6) is 0. The Hall–Kier alpha value is 1.49. The number of thiol groups is 1. The van der Waals surface area contributed by atoms with Gasteiger partial charge in [0.15, 0.2) is 0 Å². The van der Waals surface area contributed by atoms with Crippen LogP contribution < -0.4 is 0 Å². The summed E-state index contributed by atoms with van der Waals surface area (Å²) in [5.41, 5.74) is -0.178. The van der Waals surface area contributed by atoms with Crippen molar-refractivity contribution in [2.75, 3.05) is 0 Å². The molecule has 1 saturated heterocycles. The Morgan fingerprint density at radius 1 is 0.867 bits per heavy atom. The van der Waals surface area contributed by atoms with Crippen LogP contribution in [-0.4, -0.2) is 18.5 Å². The molecule has 0 bridgehead atoms. The molecule has 0 N–H and O–H groups in total. The van der Waals surface area contributed by atoms with Crippen LogP contribution in [0, 0.1) is 0 Å². The van der Waals surface area contributed by atoms with Crippen molar-refractivity contribution in [3.8, 4) is 0 Å². The van der Waals surface area contributed by atoms with E-state index < -0.39 is 19.3 Å². The van der Waals surface area contributed by atoms with E-state index in [1.807, 2.05) is 7.42 Å². The van der Waals surface area contributed by atoms with Crippen molar-refractivity contribution in [1.82, 2.24) is 7.42 Å². The van der Waals surface area contributed by atoms with E-state index in [2.05, 4.69) is 41.5 Å². The molecule has 1 rings (SSSR count). The summed E-state index contributed by atoms with van der Waals surface area (Å²) in [7, 11) is 16.5. The summed E-state index contributed by atoms with van der Waals surface area (Å²) in [6.45, 7) is 12.5. The molecule has 0 amide bonds. The number of halogens is 3. The Morgan fingerprint density at radius 2 is 1.13 bits per heavy atom. The van der Waals surface area contributed by atoms with Gasteiger partial charge in [-0.3, -0.25) is 0 Å². The Labute approximate surface area is 111 Å². The van der Waals surface area contributed by atoms with E-state index in [9.17, 15) is 0 Å². The molecule has 0 aromatic heterocycles. The number of rotatable bonds is 0. The highest BCUT2D eigenvalue weighted by molar-refractivity contribution is 8.75. The molecule has 1 aliphatic rings. The average molecular weight is 314 g/mol. The molecular weight excluding hydrogens is 295 g/mol. The molecule has 0 unspecified atom stereocenters. The van der Waals surface area contributed by atoms with E-state index in [1.165, 1.54) is 0 Å². The maximum absolute atomic E-state index is 6.43. The summed E-state index contributed by atoms with van der Waals surface area (Å²) in [6.07, 6.45) is 0. The maximum atomic E-state index is 6.43. The van der Waals surface area contributed by atoms with Gasteiger partial charge < -0.3 is 0 Å². The highest BCUT2D eigenvalue weighted by atomic mass is 36.0. The van der Waals surface area contributed by atoms with Gasteiger partial charge in [-0.1, -0.05) is 0 Å². The third kappa shape index (κ3) is 2.51. The molecule has 2 nitrogen and oxygen atoms in total. The lowest BCUT2D eigenvalue weighted by atomic mass is 10.1. The summed E-state index contributed by atoms with van der Waals surface area (Å²) in [5, 5.41) is 0. The first-order valence-corrected chi connectivity index (χ1v) is 10.0. The normalized spacial score (nSPS) is 28.7. The van der Waals surface area contributed by atoms with Crippen LogP contribution in [0.15, 0.2) is 0 Å². The second kappa shape index (κ2) is 4.01. The second-order valence-electron chi connectivity index (χ2n) is 5.54. The fourth-order valence-electron chi connectivity index (χ4n) is 1.44. The molecule has 1 aliphatic heterocycles. The van der Waals surface area contributed by atoms with Gasteiger partial charge >= 0.3 is 0 Å². The third-order valence-electron chi connectivity index (χ3n) is 1.86. The lowest BCUT2D eigenvalue weighted by Crippen LogP contribution is -2.57. The standard InChI is InChI=1S/C8H19Cl3N2S2/c1-7(2,3)12-14(9)13(8(4,5)6)15(12,10)11/h14H,1-6H3. The van der Waals surface area contributed by atoms with Crippen molar-refractivity contribution in [3.05, 3.63) is 0 Å². The summed E-state index contributed by atoms with van der Waals surface area (Å²) >= 11 is 0. The van der Waals surface area contributed by atoms with Gasteiger partial charge in [0, 0.05) is 11.1 Å². The van der Waals surface area contributed by atoms with Crippen LogP contribution in [0.1, 0.15) is 41.5 Å². The molecular formula is C8H19Cl3N2S2. The van der Waals surface area contributed by atoms with E-state index in [1.54, 1.807) is 0 Å². The molecule has 0 aromatic carbocycles. The zero-order valence-corrected chi connectivity index (χ0v) is 13.9. The monoisotopic (exact) mass is 312 g/mol. The van der Waals surface area contributed by atoms with E-state index in [0.29, 0.717) is 0 Å². The van der Waals surface area contributed by atoms with Crippen LogP contribution >= 0.6 is 51.4 Å². The number of nitrogens with zero attached hydrogens (tertiary/aromatic N) is 2. The quantitative estimate of drug-likeness (QED) is 0.619. The smallest absolute Gasteiger partial charge is 0.0562 e. The topological polar surface area (TPSA) is 6.48 Å². The average Bonchev–Trinajstić information content (AvgIpc) is 1.74. The Morgan fingerprint density at radius 3 is 1.27 bits per heavy atom. The lowest BCUT2D eigenvalue weighted by molar-refractivity contribution is 0.316. The molecule has 7 heteroatoms. The lowest BCUT2D eigenvalue weighted by Gasteiger charge is -2.68. The van der Waals surface area contributed by atoms with Crippen molar-refractivity contribution in [2.45, 2.75) is 52.6 Å². The Bertz CT molecular complexity index is 236. The van der Waals surface area contributed by atoms with Crippen LogP contribution in [0.5, 0.6) is 0 Å². The van der Waals surface area contributed by atoms with Gasteiger partial charge in [-0.05, 0) is 84.1 Å². The molecule has 0 saturated carbocycles. The highest BCUT2D eigenvalue weighted by Crippen LogP contribution is 2.87. The number of hydrogen-bond acceptors (Lipinski definition) is 2. The van der Waals surface area contributed by atoms with Crippen molar-refractivity contribution < 1.29 is 0 Å². The SMILES string of the molecule is CC(C)(C)N1[SH](Cl)N(C(C)(C)C)S1(Cl)Cl. The molecule has 0 aromatic rings. The van der Waals surface area contributed by atoms with Gasteiger partial charge in [0.25, 0.3) is 0 Å². The van der Waals surface area contributed by atoms with Crippen LogP contribution in [0.3, 0.4) is 0 Å². The van der Waals surface area contributed by atoms with Gasteiger partial charge in [0.1, 0.15) is 0 Å². The van der Waals surface area contributed by atoms with E-state index >= 15 is 0 Å². The summed E-state index contributed by atoms with van der Waals surface area (Å²) < 4.78 is 4.07. The first kappa shape index (κ1) is 14.6. The largest absolute Gasteiger partial charge is 0.165 e. The van der Waals surface area contributed by atoms with Crippen LogP contribution in [0.2, 0.25) is 0 Å². The van der Waals surface area contributed by atoms with E-state index in [0.717, 1.165) is 0 Å². The third-order valence-corrected chi connectivity index (χ3v) is 12.2. The first-order valence-electron chi connectivity index (χ1n) is 4.69. The zero-order valence-electron chi connectivity index (χ0n) is 9.88. The molecule has 0 aliphatic carbocycles. The van der Waals surface area contributed by atoms with Crippen LogP contribution in [0.25, 0.3) is 0 Å². The highest BCUT2D eigenvalue weighted by Gasteiger charge is 2.59. The minimum atomic E-state index is -1.92. The van der Waals surface area contributed by atoms with Crippen molar-refractivity contribution >= 4 is 51.4 Å². The van der Waals surface area contributed by atoms with Crippen LogP contribution in [-0.2, 0) is 0 Å². The minimum Gasteiger partial charge on any atom is -0.165 e.